The molecule has 0 amide bonds. The van der Waals surface area contributed by atoms with Crippen LogP contribution in [0.25, 0.3) is 0 Å². The van der Waals surface area contributed by atoms with Crippen LogP contribution in [0.2, 0.25) is 0 Å². The maximum Gasteiger partial charge on any atom is 0.00721 e. The molecule has 1 heteroatoms. The molecule has 1 aromatic rings. The lowest BCUT2D eigenvalue weighted by Crippen LogP contribution is -2.02. The van der Waals surface area contributed by atoms with Gasteiger partial charge in [0, 0.05) is 4.90 Å². The van der Waals surface area contributed by atoms with Crippen molar-refractivity contribution in [1.82, 2.24) is 0 Å². The minimum atomic E-state index is 1.15. The van der Waals surface area contributed by atoms with Gasteiger partial charge in [-0.25, -0.2) is 0 Å². The van der Waals surface area contributed by atoms with Crippen molar-refractivity contribution in [3.05, 3.63) is 28.8 Å². The van der Waals surface area contributed by atoms with Crippen molar-refractivity contribution in [3.8, 4) is 0 Å². The highest BCUT2D eigenvalue weighted by molar-refractivity contribution is 7.80. The van der Waals surface area contributed by atoms with Crippen molar-refractivity contribution in [2.24, 2.45) is 0 Å². The summed E-state index contributed by atoms with van der Waals surface area (Å²) in [6.45, 7) is 2.14. The highest BCUT2D eigenvalue weighted by Gasteiger charge is 2.09. The molecule has 0 N–H and O–H groups in total. The number of hydrogen-bond donors (Lipinski definition) is 1. The molecule has 0 nitrogen and oxygen atoms in total. The first-order valence-corrected chi connectivity index (χ1v) is 5.03. The van der Waals surface area contributed by atoms with Crippen molar-refractivity contribution < 1.29 is 0 Å². The van der Waals surface area contributed by atoms with Crippen molar-refractivity contribution in [2.75, 3.05) is 0 Å². The Morgan fingerprint density at radius 3 is 2.33 bits per heavy atom. The molecule has 64 valence electrons. The molecule has 1 aromatic carbocycles. The van der Waals surface area contributed by atoms with E-state index in [1.165, 1.54) is 36.8 Å². The van der Waals surface area contributed by atoms with Crippen LogP contribution >= 0.6 is 12.6 Å². The van der Waals surface area contributed by atoms with Gasteiger partial charge in [-0.05, 0) is 55.4 Å². The van der Waals surface area contributed by atoms with Gasteiger partial charge < -0.3 is 0 Å². The molecule has 0 radical (unpaired) electrons. The van der Waals surface area contributed by atoms with E-state index in [0.29, 0.717) is 0 Å². The molecule has 2 rings (SSSR count). The van der Waals surface area contributed by atoms with Crippen LogP contribution in [0.5, 0.6) is 0 Å². The van der Waals surface area contributed by atoms with Crippen molar-refractivity contribution in [1.29, 1.82) is 0 Å². The molecule has 0 spiro atoms. The summed E-state index contributed by atoms with van der Waals surface area (Å²) < 4.78 is 0. The number of rotatable bonds is 0. The van der Waals surface area contributed by atoms with E-state index in [-0.39, 0.29) is 0 Å². The van der Waals surface area contributed by atoms with Gasteiger partial charge in [0.15, 0.2) is 0 Å². The van der Waals surface area contributed by atoms with Crippen LogP contribution in [-0.2, 0) is 12.8 Å². The van der Waals surface area contributed by atoms with E-state index in [1.807, 2.05) is 0 Å². The summed E-state index contributed by atoms with van der Waals surface area (Å²) >= 11 is 4.43. The van der Waals surface area contributed by atoms with Crippen LogP contribution < -0.4 is 0 Å². The van der Waals surface area contributed by atoms with E-state index in [4.69, 9.17) is 0 Å². The predicted octanol–water partition coefficient (Wildman–Crippen LogP) is 3.16. The third-order valence-corrected chi connectivity index (χ3v) is 3.14. The van der Waals surface area contributed by atoms with Crippen LogP contribution in [0.1, 0.15) is 29.5 Å². The molecule has 0 saturated carbocycles. The summed E-state index contributed by atoms with van der Waals surface area (Å²) in [5.41, 5.74) is 4.40. The summed E-state index contributed by atoms with van der Waals surface area (Å²) in [6, 6.07) is 4.55. The second-order valence-electron chi connectivity index (χ2n) is 3.61. The zero-order valence-corrected chi connectivity index (χ0v) is 8.32. The lowest BCUT2D eigenvalue weighted by atomic mass is 9.90. The predicted molar refractivity (Wildman–Crippen MR) is 55.1 cm³/mol. The van der Waals surface area contributed by atoms with Crippen LogP contribution in [0.4, 0.5) is 0 Å². The zero-order chi connectivity index (χ0) is 8.55. The number of benzene rings is 1. The van der Waals surface area contributed by atoms with Gasteiger partial charge in [0.1, 0.15) is 0 Å². The van der Waals surface area contributed by atoms with Gasteiger partial charge >= 0.3 is 0 Å². The van der Waals surface area contributed by atoms with Gasteiger partial charge in [0.2, 0.25) is 0 Å². The Morgan fingerprint density at radius 2 is 1.67 bits per heavy atom. The number of hydrogen-bond acceptors (Lipinski definition) is 1. The van der Waals surface area contributed by atoms with E-state index < -0.39 is 0 Å². The molecule has 0 bridgehead atoms. The molecule has 0 aromatic heterocycles. The molecule has 0 heterocycles. The highest BCUT2D eigenvalue weighted by atomic mass is 32.1. The molecule has 0 unspecified atom stereocenters. The first-order valence-electron chi connectivity index (χ1n) is 4.59. The molecular formula is C11H14S. The van der Waals surface area contributed by atoms with Gasteiger partial charge in [0.25, 0.3) is 0 Å². The topological polar surface area (TPSA) is 0 Å². The van der Waals surface area contributed by atoms with E-state index in [1.54, 1.807) is 5.56 Å². The Labute approximate surface area is 79.4 Å². The summed E-state index contributed by atoms with van der Waals surface area (Å²) in [7, 11) is 0. The molecule has 1 aliphatic rings. The molecule has 0 fully saturated rings. The summed E-state index contributed by atoms with van der Waals surface area (Å²) in [6.07, 6.45) is 5.23. The maximum absolute atomic E-state index is 4.43. The van der Waals surface area contributed by atoms with Crippen LogP contribution in [0, 0.1) is 6.92 Å². The standard InChI is InChI=1S/C11H14S/c1-8-6-9-4-2-3-5-10(9)7-11(8)12/h6-7,12H,2-5H2,1H3. The second kappa shape index (κ2) is 3.14. The number of fused-ring (bicyclic) bond motifs is 1. The lowest BCUT2D eigenvalue weighted by molar-refractivity contribution is 0.682. The van der Waals surface area contributed by atoms with E-state index >= 15 is 0 Å². The Morgan fingerprint density at radius 1 is 1.08 bits per heavy atom. The smallest absolute Gasteiger partial charge is 0.00721 e. The number of thiol groups is 1. The average Bonchev–Trinajstić information content (AvgIpc) is 2.07. The fraction of sp³-hybridized carbons (Fsp3) is 0.455. The lowest BCUT2D eigenvalue weighted by Gasteiger charge is -2.16. The maximum atomic E-state index is 4.43. The Balaban J connectivity index is 2.49. The van der Waals surface area contributed by atoms with Gasteiger partial charge in [-0.15, -0.1) is 12.6 Å². The third kappa shape index (κ3) is 1.38. The van der Waals surface area contributed by atoms with Crippen molar-refractivity contribution >= 4 is 12.6 Å². The Kier molecular flexibility index (Phi) is 2.14. The van der Waals surface area contributed by atoms with Crippen LogP contribution in [0.3, 0.4) is 0 Å². The first-order chi connectivity index (χ1) is 5.77. The fourth-order valence-electron chi connectivity index (χ4n) is 1.90. The zero-order valence-electron chi connectivity index (χ0n) is 7.43. The quantitative estimate of drug-likeness (QED) is 0.580. The van der Waals surface area contributed by atoms with Gasteiger partial charge in [0.05, 0.1) is 0 Å². The van der Waals surface area contributed by atoms with E-state index in [0.717, 1.165) is 4.90 Å². The molecule has 0 saturated heterocycles. The van der Waals surface area contributed by atoms with Crippen LogP contribution in [0.15, 0.2) is 17.0 Å². The van der Waals surface area contributed by atoms with Crippen molar-refractivity contribution in [2.45, 2.75) is 37.5 Å². The summed E-state index contributed by atoms with van der Waals surface area (Å²) in [5.74, 6) is 0. The first kappa shape index (κ1) is 8.18. The SMILES string of the molecule is Cc1cc2c(cc1S)CCCC2. The van der Waals surface area contributed by atoms with Crippen molar-refractivity contribution in [3.63, 3.8) is 0 Å². The fourth-order valence-corrected chi connectivity index (χ4v) is 2.12. The Hall–Kier alpha value is -0.430. The van der Waals surface area contributed by atoms with E-state index in [2.05, 4.69) is 31.7 Å². The number of aryl methyl sites for hydroxylation is 3. The van der Waals surface area contributed by atoms with E-state index in [9.17, 15) is 0 Å². The van der Waals surface area contributed by atoms with Gasteiger partial charge in [-0.3, -0.25) is 0 Å². The summed E-state index contributed by atoms with van der Waals surface area (Å²) in [4.78, 5) is 1.15. The monoisotopic (exact) mass is 178 g/mol. The molecule has 0 aliphatic heterocycles. The van der Waals surface area contributed by atoms with Crippen LogP contribution in [-0.4, -0.2) is 0 Å². The average molecular weight is 178 g/mol. The highest BCUT2D eigenvalue weighted by Crippen LogP contribution is 2.25. The largest absolute Gasteiger partial charge is 0.143 e. The van der Waals surface area contributed by atoms with Gasteiger partial charge in [-0.2, -0.15) is 0 Å². The molecular weight excluding hydrogens is 164 g/mol. The minimum absolute atomic E-state index is 1.15. The normalized spacial score (nSPS) is 15.8. The summed E-state index contributed by atoms with van der Waals surface area (Å²) in [5, 5.41) is 0. The van der Waals surface area contributed by atoms with Gasteiger partial charge in [-0.1, -0.05) is 6.07 Å². The molecule has 0 atom stereocenters. The third-order valence-electron chi connectivity index (χ3n) is 2.66. The molecule has 1 aliphatic carbocycles. The minimum Gasteiger partial charge on any atom is -0.143 e. The second-order valence-corrected chi connectivity index (χ2v) is 4.10. The Bertz CT molecular complexity index is 271. The molecule has 12 heavy (non-hydrogen) atoms.